The fraction of sp³-hybridized carbons (Fsp3) is 0.375. The summed E-state index contributed by atoms with van der Waals surface area (Å²) >= 11 is 5.89. The lowest BCUT2D eigenvalue weighted by Crippen LogP contribution is -2.36. The summed E-state index contributed by atoms with van der Waals surface area (Å²) in [6, 6.07) is 3.73. The Bertz CT molecular complexity index is 748. The Morgan fingerprint density at radius 3 is 2.83 bits per heavy atom. The number of ether oxygens (including phenoxy) is 2. The Morgan fingerprint density at radius 1 is 1.50 bits per heavy atom. The molecule has 0 radical (unpaired) electrons. The topological polar surface area (TPSA) is 65.4 Å². The zero-order valence-electron chi connectivity index (χ0n) is 13.9. The fourth-order valence-electron chi connectivity index (χ4n) is 2.27. The van der Waals surface area contributed by atoms with E-state index in [0.717, 1.165) is 17.3 Å². The first-order valence-corrected chi connectivity index (χ1v) is 7.67. The average molecular weight is 356 g/mol. The van der Waals surface area contributed by atoms with E-state index in [9.17, 15) is 9.18 Å². The summed E-state index contributed by atoms with van der Waals surface area (Å²) in [5.74, 6) is 0.0307. The van der Waals surface area contributed by atoms with Gasteiger partial charge in [0.05, 0.1) is 29.9 Å². The van der Waals surface area contributed by atoms with Crippen LogP contribution in [0.2, 0.25) is 5.02 Å². The molecule has 130 valence electrons. The summed E-state index contributed by atoms with van der Waals surface area (Å²) in [4.78, 5) is 12.2. The highest BCUT2D eigenvalue weighted by Crippen LogP contribution is 2.26. The Kier molecular flexibility index (Phi) is 5.66. The highest BCUT2D eigenvalue weighted by molar-refractivity contribution is 6.32. The number of hydrogen-bond acceptors (Lipinski definition) is 4. The molecule has 1 aromatic carbocycles. The summed E-state index contributed by atoms with van der Waals surface area (Å²) in [6.45, 7) is 3.68. The Balaban J connectivity index is 1.99. The van der Waals surface area contributed by atoms with Crippen LogP contribution >= 0.6 is 11.6 Å². The molecule has 0 unspecified atom stereocenters. The third-order valence-electron chi connectivity index (χ3n) is 3.49. The molecule has 0 saturated carbocycles. The third-order valence-corrected chi connectivity index (χ3v) is 3.78. The molecule has 0 aliphatic rings. The number of methoxy groups -OCH3 is 1. The van der Waals surface area contributed by atoms with Crippen LogP contribution in [-0.4, -0.2) is 28.9 Å². The van der Waals surface area contributed by atoms with Crippen LogP contribution in [0.15, 0.2) is 18.2 Å². The van der Waals surface area contributed by atoms with Crippen LogP contribution in [0, 0.1) is 12.7 Å². The van der Waals surface area contributed by atoms with Gasteiger partial charge in [-0.1, -0.05) is 11.6 Å². The van der Waals surface area contributed by atoms with Crippen LogP contribution in [0.5, 0.6) is 11.6 Å². The van der Waals surface area contributed by atoms with E-state index < -0.39 is 11.9 Å². The molecule has 0 aliphatic heterocycles. The number of aromatic nitrogens is 2. The van der Waals surface area contributed by atoms with Gasteiger partial charge in [0.15, 0.2) is 6.10 Å². The SMILES string of the molecule is COc1c(CNC(=O)[C@@H](C)Oc2ccc(F)cc2Cl)c(C)nn1C. The molecule has 2 aromatic rings. The molecular weight excluding hydrogens is 337 g/mol. The standard InChI is InChI=1S/C16H19ClFN3O3/c1-9-12(16(23-4)21(3)20-9)8-19-15(22)10(2)24-14-6-5-11(18)7-13(14)17/h5-7,10H,8H2,1-4H3,(H,19,22)/t10-/m1/s1. The van der Waals surface area contributed by atoms with Crippen LogP contribution in [0.25, 0.3) is 0 Å². The van der Waals surface area contributed by atoms with Gasteiger partial charge in [-0.2, -0.15) is 5.10 Å². The zero-order chi connectivity index (χ0) is 17.9. The van der Waals surface area contributed by atoms with Crippen molar-refractivity contribution in [3.05, 3.63) is 40.3 Å². The molecular formula is C16H19ClFN3O3. The fourth-order valence-corrected chi connectivity index (χ4v) is 2.49. The minimum Gasteiger partial charge on any atom is -0.481 e. The number of nitrogens with zero attached hydrogens (tertiary/aromatic N) is 2. The summed E-state index contributed by atoms with van der Waals surface area (Å²) in [5.41, 5.74) is 1.56. The van der Waals surface area contributed by atoms with E-state index >= 15 is 0 Å². The molecule has 0 fully saturated rings. The van der Waals surface area contributed by atoms with E-state index in [1.165, 1.54) is 12.1 Å². The van der Waals surface area contributed by atoms with E-state index in [-0.39, 0.29) is 23.2 Å². The number of carbonyl (C=O) groups excluding carboxylic acids is 1. The maximum atomic E-state index is 13.0. The molecule has 24 heavy (non-hydrogen) atoms. The number of nitrogens with one attached hydrogen (secondary N) is 1. The van der Waals surface area contributed by atoms with Crippen molar-refractivity contribution >= 4 is 17.5 Å². The number of carbonyl (C=O) groups is 1. The van der Waals surface area contributed by atoms with Crippen LogP contribution in [-0.2, 0) is 18.4 Å². The van der Waals surface area contributed by atoms with Crippen molar-refractivity contribution in [3.63, 3.8) is 0 Å². The molecule has 8 heteroatoms. The van der Waals surface area contributed by atoms with Crippen molar-refractivity contribution in [2.75, 3.05) is 7.11 Å². The molecule has 1 atom stereocenters. The molecule has 0 aliphatic carbocycles. The van der Waals surface area contributed by atoms with Gasteiger partial charge in [0.1, 0.15) is 11.6 Å². The van der Waals surface area contributed by atoms with Crippen molar-refractivity contribution in [1.29, 1.82) is 0 Å². The van der Waals surface area contributed by atoms with Crippen molar-refractivity contribution in [3.8, 4) is 11.6 Å². The summed E-state index contributed by atoms with van der Waals surface area (Å²) < 4.78 is 25.4. The molecule has 1 heterocycles. The number of halogens is 2. The average Bonchev–Trinajstić information content (AvgIpc) is 2.80. The van der Waals surface area contributed by atoms with Crippen molar-refractivity contribution < 1.29 is 18.7 Å². The lowest BCUT2D eigenvalue weighted by Gasteiger charge is -2.16. The first-order valence-electron chi connectivity index (χ1n) is 7.29. The van der Waals surface area contributed by atoms with Gasteiger partial charge in [0, 0.05) is 7.05 Å². The van der Waals surface area contributed by atoms with Gasteiger partial charge in [0.25, 0.3) is 5.91 Å². The summed E-state index contributed by atoms with van der Waals surface area (Å²) in [7, 11) is 3.31. The van der Waals surface area contributed by atoms with Gasteiger partial charge in [0.2, 0.25) is 5.88 Å². The number of amides is 1. The molecule has 0 spiro atoms. The predicted molar refractivity (Wildman–Crippen MR) is 87.8 cm³/mol. The Hall–Kier alpha value is -2.28. The number of hydrogen-bond donors (Lipinski definition) is 1. The Morgan fingerprint density at radius 2 is 2.21 bits per heavy atom. The number of aryl methyl sites for hydroxylation is 2. The van der Waals surface area contributed by atoms with Crippen molar-refractivity contribution in [1.82, 2.24) is 15.1 Å². The van der Waals surface area contributed by atoms with Gasteiger partial charge in [-0.15, -0.1) is 0 Å². The first-order chi connectivity index (χ1) is 11.3. The van der Waals surface area contributed by atoms with E-state index in [1.54, 1.807) is 25.8 Å². The first kappa shape index (κ1) is 18.1. The molecule has 1 aromatic heterocycles. The molecule has 1 N–H and O–H groups in total. The second kappa shape index (κ2) is 7.53. The van der Waals surface area contributed by atoms with Crippen LogP contribution in [0.4, 0.5) is 4.39 Å². The van der Waals surface area contributed by atoms with Gasteiger partial charge < -0.3 is 14.8 Å². The lowest BCUT2D eigenvalue weighted by atomic mass is 10.2. The summed E-state index contributed by atoms with van der Waals surface area (Å²) in [5, 5.41) is 7.12. The van der Waals surface area contributed by atoms with E-state index in [0.29, 0.717) is 5.88 Å². The van der Waals surface area contributed by atoms with Gasteiger partial charge in [-0.05, 0) is 32.0 Å². The second-order valence-corrected chi connectivity index (χ2v) is 5.66. The largest absolute Gasteiger partial charge is 0.481 e. The molecule has 2 rings (SSSR count). The quantitative estimate of drug-likeness (QED) is 0.865. The highest BCUT2D eigenvalue weighted by Gasteiger charge is 2.19. The van der Waals surface area contributed by atoms with Crippen molar-refractivity contribution in [2.45, 2.75) is 26.5 Å². The maximum absolute atomic E-state index is 13.0. The third kappa shape index (κ3) is 3.97. The minimum atomic E-state index is -0.795. The predicted octanol–water partition coefficient (Wildman–Crippen LogP) is 2.61. The van der Waals surface area contributed by atoms with Gasteiger partial charge in [-0.3, -0.25) is 4.79 Å². The van der Waals surface area contributed by atoms with Crippen LogP contribution < -0.4 is 14.8 Å². The van der Waals surface area contributed by atoms with E-state index in [4.69, 9.17) is 21.1 Å². The lowest BCUT2D eigenvalue weighted by molar-refractivity contribution is -0.127. The number of benzene rings is 1. The van der Waals surface area contributed by atoms with E-state index in [1.807, 2.05) is 6.92 Å². The minimum absolute atomic E-state index is 0.111. The zero-order valence-corrected chi connectivity index (χ0v) is 14.6. The Labute approximate surface area is 144 Å². The molecule has 0 saturated heterocycles. The van der Waals surface area contributed by atoms with Crippen molar-refractivity contribution in [2.24, 2.45) is 7.05 Å². The second-order valence-electron chi connectivity index (χ2n) is 5.25. The molecule has 1 amide bonds. The molecule has 0 bridgehead atoms. The molecule has 6 nitrogen and oxygen atoms in total. The number of rotatable bonds is 6. The van der Waals surface area contributed by atoms with Crippen LogP contribution in [0.1, 0.15) is 18.2 Å². The van der Waals surface area contributed by atoms with Crippen LogP contribution in [0.3, 0.4) is 0 Å². The highest BCUT2D eigenvalue weighted by atomic mass is 35.5. The van der Waals surface area contributed by atoms with E-state index in [2.05, 4.69) is 10.4 Å². The normalized spacial score (nSPS) is 11.9. The monoisotopic (exact) mass is 355 g/mol. The summed E-state index contributed by atoms with van der Waals surface area (Å²) in [6.07, 6.45) is -0.795. The van der Waals surface area contributed by atoms with Gasteiger partial charge >= 0.3 is 0 Å². The smallest absolute Gasteiger partial charge is 0.261 e. The van der Waals surface area contributed by atoms with Gasteiger partial charge in [-0.25, -0.2) is 9.07 Å². The maximum Gasteiger partial charge on any atom is 0.261 e.